The number of hydrogen-bond acceptors (Lipinski definition) is 3. The van der Waals surface area contributed by atoms with Crippen LogP contribution in [0.4, 0.5) is 5.69 Å². The van der Waals surface area contributed by atoms with Gasteiger partial charge in [-0.25, -0.2) is 0 Å². The number of benzene rings is 1. The highest BCUT2D eigenvalue weighted by Gasteiger charge is 2.47. The third-order valence-corrected chi connectivity index (χ3v) is 5.54. The molecule has 1 fully saturated rings. The fourth-order valence-electron chi connectivity index (χ4n) is 3.40. The van der Waals surface area contributed by atoms with Crippen LogP contribution in [0.5, 0.6) is 0 Å². The summed E-state index contributed by atoms with van der Waals surface area (Å²) < 4.78 is 1.09. The van der Waals surface area contributed by atoms with Gasteiger partial charge in [-0.3, -0.25) is 4.99 Å². The van der Waals surface area contributed by atoms with Gasteiger partial charge in [0.1, 0.15) is 0 Å². The van der Waals surface area contributed by atoms with E-state index in [1.165, 1.54) is 12.8 Å². The maximum absolute atomic E-state index is 6.21. The van der Waals surface area contributed by atoms with Crippen molar-refractivity contribution in [2.45, 2.75) is 45.1 Å². The predicted molar refractivity (Wildman–Crippen MR) is 88.1 cm³/mol. The van der Waals surface area contributed by atoms with E-state index in [1.54, 1.807) is 0 Å². The first-order valence-corrected chi connectivity index (χ1v) is 8.08. The normalized spacial score (nSPS) is 23.9. The predicted octanol–water partition coefficient (Wildman–Crippen LogP) is 3.92. The van der Waals surface area contributed by atoms with Gasteiger partial charge in [-0.2, -0.15) is 0 Å². The Hall–Kier alpha value is -1.03. The minimum atomic E-state index is 0.0868. The van der Waals surface area contributed by atoms with E-state index in [9.17, 15) is 0 Å². The summed E-state index contributed by atoms with van der Waals surface area (Å²) in [6.07, 6.45) is 4.78. The van der Waals surface area contributed by atoms with E-state index < -0.39 is 0 Å². The van der Waals surface area contributed by atoms with Crippen molar-refractivity contribution < 1.29 is 0 Å². The van der Waals surface area contributed by atoms with Gasteiger partial charge in [-0.15, -0.1) is 0 Å². The van der Waals surface area contributed by atoms with Crippen LogP contribution < -0.4 is 10.6 Å². The zero-order valence-electron chi connectivity index (χ0n) is 12.2. The summed E-state index contributed by atoms with van der Waals surface area (Å²) in [5.74, 6) is 0.664. The van der Waals surface area contributed by atoms with Gasteiger partial charge in [-0.05, 0) is 59.2 Å². The number of rotatable bonds is 1. The Morgan fingerprint density at radius 3 is 2.45 bits per heavy atom. The molecule has 0 unspecified atom stereocenters. The Kier molecular flexibility index (Phi) is 3.32. The van der Waals surface area contributed by atoms with Gasteiger partial charge in [-0.1, -0.05) is 26.0 Å². The van der Waals surface area contributed by atoms with Crippen LogP contribution in [0.3, 0.4) is 0 Å². The molecule has 0 aromatic heterocycles. The van der Waals surface area contributed by atoms with Crippen molar-refractivity contribution in [1.29, 1.82) is 0 Å². The van der Waals surface area contributed by atoms with Crippen molar-refractivity contribution in [2.24, 2.45) is 16.1 Å². The largest absolute Gasteiger partial charge is 0.369 e. The molecule has 108 valence electrons. The lowest BCUT2D eigenvalue weighted by atomic mass is 9.69. The molecule has 0 saturated heterocycles. The second kappa shape index (κ2) is 4.76. The van der Waals surface area contributed by atoms with Crippen molar-refractivity contribution in [2.75, 3.05) is 11.4 Å². The molecule has 0 atom stereocenters. The summed E-state index contributed by atoms with van der Waals surface area (Å²) in [5.41, 5.74) is 7.89. The molecule has 1 aromatic rings. The quantitative estimate of drug-likeness (QED) is 0.844. The standard InChI is InChI=1S/C16H22BrN3/c1-15(2)7-9-16(10-8-15)11-19-14(18)20(16)13-6-4-3-5-12(13)17/h3-6H,7-11H2,1-2H3,(H2,18,19). The molecule has 2 N–H and O–H groups in total. The average Bonchev–Trinajstić information content (AvgIpc) is 2.72. The van der Waals surface area contributed by atoms with Crippen LogP contribution in [-0.2, 0) is 0 Å². The average molecular weight is 336 g/mol. The highest BCUT2D eigenvalue weighted by molar-refractivity contribution is 9.10. The smallest absolute Gasteiger partial charge is 0.196 e. The molecule has 1 saturated carbocycles. The molecule has 20 heavy (non-hydrogen) atoms. The summed E-state index contributed by atoms with van der Waals surface area (Å²) in [6, 6.07) is 8.29. The van der Waals surface area contributed by atoms with Gasteiger partial charge < -0.3 is 10.6 Å². The SMILES string of the molecule is CC1(C)CCC2(CC1)CN=C(N)N2c1ccccc1Br. The fourth-order valence-corrected chi connectivity index (χ4v) is 3.86. The lowest BCUT2D eigenvalue weighted by Gasteiger charge is -2.46. The van der Waals surface area contributed by atoms with Crippen molar-refractivity contribution >= 4 is 27.6 Å². The van der Waals surface area contributed by atoms with E-state index in [1.807, 2.05) is 6.07 Å². The number of halogens is 1. The molecule has 1 spiro atoms. The van der Waals surface area contributed by atoms with Crippen molar-refractivity contribution in [3.05, 3.63) is 28.7 Å². The van der Waals surface area contributed by atoms with Gasteiger partial charge in [0.2, 0.25) is 0 Å². The highest BCUT2D eigenvalue weighted by Crippen LogP contribution is 2.47. The summed E-state index contributed by atoms with van der Waals surface area (Å²) in [7, 11) is 0. The number of guanidine groups is 1. The second-order valence-electron chi connectivity index (χ2n) is 6.85. The lowest BCUT2D eigenvalue weighted by molar-refractivity contribution is 0.176. The van der Waals surface area contributed by atoms with Crippen LogP contribution >= 0.6 is 15.9 Å². The van der Waals surface area contributed by atoms with Crippen LogP contribution in [0.25, 0.3) is 0 Å². The molecule has 0 bridgehead atoms. The minimum absolute atomic E-state index is 0.0868. The molecule has 3 nitrogen and oxygen atoms in total. The van der Waals surface area contributed by atoms with Crippen molar-refractivity contribution in [3.8, 4) is 0 Å². The molecule has 4 heteroatoms. The third-order valence-electron chi connectivity index (χ3n) is 4.87. The topological polar surface area (TPSA) is 41.6 Å². The molecule has 1 aliphatic heterocycles. The van der Waals surface area contributed by atoms with E-state index in [0.717, 1.165) is 29.5 Å². The summed E-state index contributed by atoms with van der Waals surface area (Å²) in [5, 5.41) is 0. The first-order chi connectivity index (χ1) is 9.44. The molecular weight excluding hydrogens is 314 g/mol. The maximum atomic E-state index is 6.21. The van der Waals surface area contributed by atoms with Crippen LogP contribution in [0, 0.1) is 5.41 Å². The Labute approximate surface area is 129 Å². The van der Waals surface area contributed by atoms with Crippen LogP contribution in [0.15, 0.2) is 33.7 Å². The molecule has 0 radical (unpaired) electrons. The van der Waals surface area contributed by atoms with Crippen LogP contribution in [-0.4, -0.2) is 18.0 Å². The molecule has 1 aromatic carbocycles. The molecule has 1 heterocycles. The van der Waals surface area contributed by atoms with E-state index in [2.05, 4.69) is 57.9 Å². The van der Waals surface area contributed by atoms with E-state index in [-0.39, 0.29) is 5.54 Å². The van der Waals surface area contributed by atoms with Gasteiger partial charge in [0.25, 0.3) is 0 Å². The summed E-state index contributed by atoms with van der Waals surface area (Å²) >= 11 is 3.65. The molecular formula is C16H22BrN3. The monoisotopic (exact) mass is 335 g/mol. The van der Waals surface area contributed by atoms with Crippen molar-refractivity contribution in [1.82, 2.24) is 0 Å². The third kappa shape index (κ3) is 2.24. The van der Waals surface area contributed by atoms with Gasteiger partial charge in [0.15, 0.2) is 5.96 Å². The molecule has 3 rings (SSSR count). The summed E-state index contributed by atoms with van der Waals surface area (Å²) in [4.78, 5) is 6.83. The lowest BCUT2D eigenvalue weighted by Crippen LogP contribution is -2.54. The number of hydrogen-bond donors (Lipinski definition) is 1. The Morgan fingerprint density at radius 1 is 1.15 bits per heavy atom. The highest BCUT2D eigenvalue weighted by atomic mass is 79.9. The molecule has 2 aliphatic rings. The van der Waals surface area contributed by atoms with Gasteiger partial charge in [0.05, 0.1) is 17.8 Å². The van der Waals surface area contributed by atoms with Crippen LogP contribution in [0.1, 0.15) is 39.5 Å². The zero-order valence-corrected chi connectivity index (χ0v) is 13.8. The number of nitrogens with two attached hydrogens (primary N) is 1. The van der Waals surface area contributed by atoms with Gasteiger partial charge in [0, 0.05) is 4.47 Å². The maximum Gasteiger partial charge on any atom is 0.196 e. The van der Waals surface area contributed by atoms with E-state index >= 15 is 0 Å². The second-order valence-corrected chi connectivity index (χ2v) is 7.70. The summed E-state index contributed by atoms with van der Waals surface area (Å²) in [6.45, 7) is 5.56. The number of para-hydroxylation sites is 1. The van der Waals surface area contributed by atoms with Crippen LogP contribution in [0.2, 0.25) is 0 Å². The Balaban J connectivity index is 1.96. The zero-order chi connectivity index (χ0) is 14.4. The number of anilines is 1. The first kappa shape index (κ1) is 13.9. The Bertz CT molecular complexity index is 540. The molecule has 1 aliphatic carbocycles. The first-order valence-electron chi connectivity index (χ1n) is 7.28. The van der Waals surface area contributed by atoms with Crippen molar-refractivity contribution in [3.63, 3.8) is 0 Å². The number of aliphatic imine (C=N–C) groups is 1. The van der Waals surface area contributed by atoms with E-state index in [0.29, 0.717) is 11.4 Å². The van der Waals surface area contributed by atoms with Gasteiger partial charge >= 0.3 is 0 Å². The van der Waals surface area contributed by atoms with E-state index in [4.69, 9.17) is 5.73 Å². The number of nitrogens with zero attached hydrogens (tertiary/aromatic N) is 2. The fraction of sp³-hybridized carbons (Fsp3) is 0.562. The molecule has 0 amide bonds. The Morgan fingerprint density at radius 2 is 1.80 bits per heavy atom. The minimum Gasteiger partial charge on any atom is -0.369 e.